The Bertz CT molecular complexity index is 1270. The molecule has 35 heavy (non-hydrogen) atoms. The molecule has 1 unspecified atom stereocenters. The second kappa shape index (κ2) is 9.31. The molecule has 2 aromatic rings. The van der Waals surface area contributed by atoms with Crippen molar-refractivity contribution in [2.45, 2.75) is 43.5 Å². The molecule has 1 aliphatic carbocycles. The highest BCUT2D eigenvalue weighted by molar-refractivity contribution is 6.38. The highest BCUT2D eigenvalue weighted by atomic mass is 16.5. The van der Waals surface area contributed by atoms with Crippen LogP contribution in [0.3, 0.4) is 0 Å². The minimum absolute atomic E-state index is 0.0371. The summed E-state index contributed by atoms with van der Waals surface area (Å²) in [6.07, 6.45) is 2.38. The summed E-state index contributed by atoms with van der Waals surface area (Å²) in [6, 6.07) is 14.1. The van der Waals surface area contributed by atoms with Gasteiger partial charge in [-0.15, -0.1) is 5.11 Å². The maximum atomic E-state index is 13.1. The third kappa shape index (κ3) is 4.93. The first-order chi connectivity index (χ1) is 16.9. The summed E-state index contributed by atoms with van der Waals surface area (Å²) < 4.78 is 5.83. The zero-order valence-electron chi connectivity index (χ0n) is 19.3. The van der Waals surface area contributed by atoms with Crippen LogP contribution in [0, 0.1) is 11.8 Å². The average Bonchev–Trinajstić information content (AvgIpc) is 3.28. The molecule has 9 nitrogen and oxygen atoms in total. The molecule has 0 spiro atoms. The molecule has 0 bridgehead atoms. The monoisotopic (exact) mass is 471 g/mol. The number of nitrogens with one attached hydrogen (secondary N) is 1. The molecule has 2 atom stereocenters. The van der Waals surface area contributed by atoms with E-state index in [2.05, 4.69) is 32.4 Å². The summed E-state index contributed by atoms with van der Waals surface area (Å²) >= 11 is 0. The van der Waals surface area contributed by atoms with Crippen molar-refractivity contribution in [3.05, 3.63) is 59.7 Å². The minimum atomic E-state index is -0.920. The number of carbonyl (C=O) groups is 2. The van der Waals surface area contributed by atoms with Gasteiger partial charge in [-0.05, 0) is 43.0 Å². The van der Waals surface area contributed by atoms with Gasteiger partial charge < -0.3 is 20.1 Å². The van der Waals surface area contributed by atoms with Crippen molar-refractivity contribution in [1.29, 1.82) is 0 Å². The average molecular weight is 472 g/mol. The van der Waals surface area contributed by atoms with Crippen molar-refractivity contribution in [3.8, 4) is 17.6 Å². The lowest BCUT2D eigenvalue weighted by molar-refractivity contribution is -0.124. The summed E-state index contributed by atoms with van der Waals surface area (Å²) in [5.41, 5.74) is 1.33. The Balaban J connectivity index is 1.25. The highest BCUT2D eigenvalue weighted by Gasteiger charge is 2.33. The second-order valence-electron chi connectivity index (χ2n) is 8.89. The van der Waals surface area contributed by atoms with Gasteiger partial charge in [0.2, 0.25) is 5.84 Å². The van der Waals surface area contributed by atoms with Crippen molar-refractivity contribution >= 4 is 23.3 Å². The van der Waals surface area contributed by atoms with Crippen LogP contribution in [0.2, 0.25) is 0 Å². The lowest BCUT2D eigenvalue weighted by atomic mass is 9.81. The first-order valence-corrected chi connectivity index (χ1v) is 11.5. The molecule has 3 aliphatic rings. The molecule has 9 heteroatoms. The Morgan fingerprint density at radius 2 is 2.06 bits per heavy atom. The molecule has 0 aromatic heterocycles. The number of hydrogen-bond donors (Lipinski definition) is 2. The van der Waals surface area contributed by atoms with Crippen LogP contribution in [-0.2, 0) is 16.0 Å². The number of hydrogen-bond acceptors (Lipinski definition) is 7. The first-order valence-electron chi connectivity index (χ1n) is 11.5. The van der Waals surface area contributed by atoms with Crippen LogP contribution < -0.4 is 15.0 Å². The molecule has 1 fully saturated rings. The van der Waals surface area contributed by atoms with E-state index in [1.54, 1.807) is 25.2 Å². The van der Waals surface area contributed by atoms with Crippen molar-refractivity contribution in [2.75, 3.05) is 18.6 Å². The Kier molecular flexibility index (Phi) is 6.05. The predicted octanol–water partition coefficient (Wildman–Crippen LogP) is 2.23. The Hall–Kier alpha value is -4.03. The van der Waals surface area contributed by atoms with Crippen molar-refractivity contribution in [1.82, 2.24) is 5.32 Å². The summed E-state index contributed by atoms with van der Waals surface area (Å²) in [4.78, 5) is 31.6. The fourth-order valence-electron chi connectivity index (χ4n) is 4.06. The summed E-state index contributed by atoms with van der Waals surface area (Å²) in [5.74, 6) is 5.44. The number of ether oxygens (including phenoxy) is 1. The number of likely N-dealkylation sites (N-methyl/N-ethyl adjacent to an activating group) is 1. The summed E-state index contributed by atoms with van der Waals surface area (Å²) in [7, 11) is 1.62. The topological polar surface area (TPSA) is 116 Å². The third-order valence-corrected chi connectivity index (χ3v) is 6.30. The molecular formula is C26H25N5O4. The molecule has 2 aromatic carbocycles. The van der Waals surface area contributed by atoms with Gasteiger partial charge in [-0.2, -0.15) is 5.11 Å². The molecule has 2 N–H and O–H groups in total. The van der Waals surface area contributed by atoms with E-state index >= 15 is 0 Å². The maximum absolute atomic E-state index is 13.1. The van der Waals surface area contributed by atoms with Crippen LogP contribution in [0.1, 0.15) is 30.4 Å². The number of rotatable bonds is 4. The largest absolute Gasteiger partial charge is 0.489 e. The number of aliphatic hydroxyl groups is 1. The van der Waals surface area contributed by atoms with Gasteiger partial charge in [-0.25, -0.2) is 4.99 Å². The zero-order chi connectivity index (χ0) is 24.4. The van der Waals surface area contributed by atoms with Crippen LogP contribution in [-0.4, -0.2) is 54.2 Å². The van der Waals surface area contributed by atoms with Gasteiger partial charge in [0.05, 0.1) is 5.69 Å². The molecule has 2 amide bonds. The molecule has 5 rings (SSSR count). The van der Waals surface area contributed by atoms with E-state index in [9.17, 15) is 14.7 Å². The van der Waals surface area contributed by atoms with E-state index in [0.717, 1.165) is 12.0 Å². The van der Waals surface area contributed by atoms with Gasteiger partial charge in [-0.3, -0.25) is 9.59 Å². The number of amides is 2. The van der Waals surface area contributed by atoms with E-state index in [-0.39, 0.29) is 18.3 Å². The quantitative estimate of drug-likeness (QED) is 0.665. The number of amidine groups is 1. The number of nitrogens with zero attached hydrogens (tertiary/aromatic N) is 4. The van der Waals surface area contributed by atoms with Crippen molar-refractivity contribution < 1.29 is 19.4 Å². The van der Waals surface area contributed by atoms with E-state index in [0.29, 0.717) is 36.3 Å². The van der Waals surface area contributed by atoms with E-state index in [1.807, 2.05) is 30.3 Å². The van der Waals surface area contributed by atoms with E-state index in [4.69, 9.17) is 4.74 Å². The van der Waals surface area contributed by atoms with Crippen LogP contribution in [0.25, 0.3) is 0 Å². The van der Waals surface area contributed by atoms with Gasteiger partial charge >= 0.3 is 0 Å². The first kappa shape index (κ1) is 22.7. The van der Waals surface area contributed by atoms with Gasteiger partial charge in [0.15, 0.2) is 6.17 Å². The third-order valence-electron chi connectivity index (χ3n) is 6.30. The Labute approximate surface area is 202 Å². The zero-order valence-corrected chi connectivity index (χ0v) is 19.3. The number of anilines is 1. The van der Waals surface area contributed by atoms with Crippen LogP contribution >= 0.6 is 0 Å². The van der Waals surface area contributed by atoms with Crippen LogP contribution in [0.15, 0.2) is 63.8 Å². The number of fused-ring (bicyclic) bond motifs is 1. The molecule has 0 radical (unpaired) electrons. The summed E-state index contributed by atoms with van der Waals surface area (Å²) in [5, 5.41) is 20.9. The lowest BCUT2D eigenvalue weighted by Crippen LogP contribution is -2.50. The molecular weight excluding hydrogens is 446 g/mol. The van der Waals surface area contributed by atoms with Crippen LogP contribution in [0.5, 0.6) is 5.75 Å². The van der Waals surface area contributed by atoms with Gasteiger partial charge in [0.25, 0.3) is 11.8 Å². The molecule has 2 heterocycles. The van der Waals surface area contributed by atoms with Crippen LogP contribution in [0.4, 0.5) is 5.69 Å². The Morgan fingerprint density at radius 1 is 1.26 bits per heavy atom. The maximum Gasteiger partial charge on any atom is 0.291 e. The SMILES string of the molecule is CN1C(=O)[C@H](NC(=O)C2=NC(Cc3ccccc3)N=N2)COc2ccc(C#CC3(O)CCC3)cc21. The number of aliphatic imine (C=N–C) groups is 1. The van der Waals surface area contributed by atoms with Gasteiger partial charge in [0.1, 0.15) is 24.0 Å². The number of azo groups is 1. The fourth-order valence-corrected chi connectivity index (χ4v) is 4.06. The normalized spacial score (nSPS) is 22.1. The second-order valence-corrected chi connectivity index (χ2v) is 8.89. The molecule has 178 valence electrons. The molecule has 2 aliphatic heterocycles. The number of carbonyl (C=O) groups excluding carboxylic acids is 2. The van der Waals surface area contributed by atoms with Crippen molar-refractivity contribution in [3.63, 3.8) is 0 Å². The smallest absolute Gasteiger partial charge is 0.291 e. The summed E-state index contributed by atoms with van der Waals surface area (Å²) in [6.45, 7) is -0.0371. The van der Waals surface area contributed by atoms with E-state index < -0.39 is 23.7 Å². The Morgan fingerprint density at radius 3 is 2.80 bits per heavy atom. The molecule has 1 saturated carbocycles. The van der Waals surface area contributed by atoms with Gasteiger partial charge in [-0.1, -0.05) is 42.2 Å². The number of benzene rings is 2. The predicted molar refractivity (Wildman–Crippen MR) is 129 cm³/mol. The highest BCUT2D eigenvalue weighted by Crippen LogP contribution is 2.33. The minimum Gasteiger partial charge on any atom is -0.489 e. The fraction of sp³-hybridized carbons (Fsp3) is 0.346. The standard InChI is InChI=1S/C26H25N5O4/c1-31-20-14-18(10-13-26(34)11-5-12-26)8-9-21(20)35-16-19(25(31)33)27-24(32)23-28-22(29-30-23)15-17-6-3-2-4-7-17/h2-4,6-9,14,19,22,34H,5,11-12,15-16H2,1H3,(H,27,32)/t19-,22?/m1/s1. The molecule has 0 saturated heterocycles. The lowest BCUT2D eigenvalue weighted by Gasteiger charge is -2.30. The van der Waals surface area contributed by atoms with Crippen molar-refractivity contribution in [2.24, 2.45) is 15.2 Å². The van der Waals surface area contributed by atoms with E-state index in [1.165, 1.54) is 4.90 Å². The van der Waals surface area contributed by atoms with Gasteiger partial charge in [0, 0.05) is 19.0 Å².